The molecule has 18 heavy (non-hydrogen) atoms. The summed E-state index contributed by atoms with van der Waals surface area (Å²) < 4.78 is 0. The molecular weight excluding hydrogens is 238 g/mol. The number of hydrogen-bond donors (Lipinski definition) is 4. The van der Waals surface area contributed by atoms with Gasteiger partial charge in [0.2, 0.25) is 5.91 Å². The summed E-state index contributed by atoms with van der Waals surface area (Å²) in [6.07, 6.45) is 2.09. The molecule has 0 saturated carbocycles. The van der Waals surface area contributed by atoms with Crippen LogP contribution in [0, 0.1) is 0 Å². The third kappa shape index (κ3) is 7.26. The molecule has 0 radical (unpaired) electrons. The quantitative estimate of drug-likeness (QED) is 0.456. The minimum Gasteiger partial charge on any atom is -0.480 e. The highest BCUT2D eigenvalue weighted by atomic mass is 16.4. The van der Waals surface area contributed by atoms with Crippen molar-refractivity contribution < 1.29 is 19.5 Å². The lowest BCUT2D eigenvalue weighted by Gasteiger charge is -2.17. The van der Waals surface area contributed by atoms with Gasteiger partial charge in [0, 0.05) is 12.5 Å². The largest absolute Gasteiger partial charge is 0.480 e. The molecule has 0 heterocycles. The minimum atomic E-state index is -1.21. The topological polar surface area (TPSA) is 122 Å². The van der Waals surface area contributed by atoms with Gasteiger partial charge in [-0.3, -0.25) is 4.79 Å². The first-order valence-corrected chi connectivity index (χ1v) is 5.55. The van der Waals surface area contributed by atoms with E-state index in [1.165, 1.54) is 0 Å². The molecule has 102 valence electrons. The zero-order chi connectivity index (χ0) is 14.1. The fourth-order valence-corrected chi connectivity index (χ4v) is 1.28. The molecule has 3 amide bonds. The van der Waals surface area contributed by atoms with Crippen LogP contribution < -0.4 is 16.4 Å². The van der Waals surface area contributed by atoms with E-state index in [0.717, 1.165) is 0 Å². The van der Waals surface area contributed by atoms with Crippen molar-refractivity contribution >= 4 is 17.9 Å². The number of carbonyl (C=O) groups excluding carboxylic acids is 2. The zero-order valence-corrected chi connectivity index (χ0v) is 10.3. The molecule has 0 aromatic heterocycles. The number of primary amides is 1. The van der Waals surface area contributed by atoms with E-state index in [-0.39, 0.29) is 18.9 Å². The Labute approximate surface area is 105 Å². The average Bonchev–Trinajstić information content (AvgIpc) is 2.23. The summed E-state index contributed by atoms with van der Waals surface area (Å²) in [5, 5.41) is 13.7. The van der Waals surface area contributed by atoms with Gasteiger partial charge in [-0.25, -0.2) is 9.59 Å². The number of nitrogens with two attached hydrogens (primary N) is 1. The summed E-state index contributed by atoms with van der Waals surface area (Å²) in [4.78, 5) is 32.9. The van der Waals surface area contributed by atoms with Crippen LogP contribution in [0.2, 0.25) is 0 Å². The normalized spacial score (nSPS) is 13.2. The Morgan fingerprint density at radius 3 is 2.44 bits per heavy atom. The summed E-state index contributed by atoms with van der Waals surface area (Å²) in [5.74, 6) is -1.81. The molecule has 0 aromatic carbocycles. The highest BCUT2D eigenvalue weighted by Crippen LogP contribution is 1.98. The van der Waals surface area contributed by atoms with E-state index in [1.54, 1.807) is 13.0 Å². The first kappa shape index (κ1) is 16.0. The smallest absolute Gasteiger partial charge is 0.326 e. The molecule has 0 spiro atoms. The van der Waals surface area contributed by atoms with Gasteiger partial charge in [-0.2, -0.15) is 0 Å². The van der Waals surface area contributed by atoms with Crippen LogP contribution in [0.15, 0.2) is 12.7 Å². The third-order valence-electron chi connectivity index (χ3n) is 2.18. The van der Waals surface area contributed by atoms with E-state index >= 15 is 0 Å². The molecular formula is C11H19N3O4. The maximum absolute atomic E-state index is 11.5. The lowest BCUT2D eigenvalue weighted by molar-refractivity contribution is -0.139. The van der Waals surface area contributed by atoms with Crippen molar-refractivity contribution in [1.82, 2.24) is 10.6 Å². The molecule has 7 nitrogen and oxygen atoms in total. The van der Waals surface area contributed by atoms with Gasteiger partial charge in [-0.1, -0.05) is 6.08 Å². The first-order chi connectivity index (χ1) is 8.36. The molecule has 2 unspecified atom stereocenters. The molecule has 5 N–H and O–H groups in total. The maximum Gasteiger partial charge on any atom is 0.326 e. The van der Waals surface area contributed by atoms with E-state index in [0.29, 0.717) is 6.42 Å². The molecule has 0 saturated heterocycles. The van der Waals surface area contributed by atoms with Crippen LogP contribution in [0.1, 0.15) is 26.2 Å². The van der Waals surface area contributed by atoms with Crippen molar-refractivity contribution in [3.63, 3.8) is 0 Å². The second kappa shape index (κ2) is 8.10. The van der Waals surface area contributed by atoms with Crippen molar-refractivity contribution in [2.24, 2.45) is 5.73 Å². The second-order valence-corrected chi connectivity index (χ2v) is 3.94. The Bertz CT molecular complexity index is 330. The summed E-state index contributed by atoms with van der Waals surface area (Å²) in [5.41, 5.74) is 4.92. The van der Waals surface area contributed by atoms with Crippen molar-refractivity contribution in [2.75, 3.05) is 0 Å². The lowest BCUT2D eigenvalue weighted by atomic mass is 10.1. The average molecular weight is 257 g/mol. The Hall–Kier alpha value is -2.05. The number of carbonyl (C=O) groups is 3. The van der Waals surface area contributed by atoms with E-state index in [4.69, 9.17) is 10.8 Å². The van der Waals surface area contributed by atoms with Crippen molar-refractivity contribution in [1.29, 1.82) is 0 Å². The van der Waals surface area contributed by atoms with Gasteiger partial charge in [0.25, 0.3) is 0 Å². The number of rotatable bonds is 8. The molecule has 0 rings (SSSR count). The molecule has 2 atom stereocenters. The van der Waals surface area contributed by atoms with Gasteiger partial charge in [-0.15, -0.1) is 6.58 Å². The number of carboxylic acid groups (broad SMARTS) is 1. The molecule has 0 bridgehead atoms. The Balaban J connectivity index is 4.23. The Morgan fingerprint density at radius 2 is 2.00 bits per heavy atom. The standard InChI is InChI=1S/C11H19N3O4/c1-3-4-7(2)13-11(18)14-8(10(16)17)5-6-9(12)15/h3,7-8H,1,4-6H2,2H3,(H2,12,15)(H,16,17)(H2,13,14,18). The van der Waals surface area contributed by atoms with Crippen LogP contribution in [0.5, 0.6) is 0 Å². The fourth-order valence-electron chi connectivity index (χ4n) is 1.28. The minimum absolute atomic E-state index is 0.0338. The van der Waals surface area contributed by atoms with E-state index in [2.05, 4.69) is 17.2 Å². The van der Waals surface area contributed by atoms with Gasteiger partial charge in [0.1, 0.15) is 6.04 Å². The molecule has 0 fully saturated rings. The van der Waals surface area contributed by atoms with E-state index in [9.17, 15) is 14.4 Å². The van der Waals surface area contributed by atoms with E-state index < -0.39 is 23.9 Å². The lowest BCUT2D eigenvalue weighted by Crippen LogP contribution is -2.48. The predicted octanol–water partition coefficient (Wildman–Crippen LogP) is -0.0311. The number of amides is 3. The van der Waals surface area contributed by atoms with Gasteiger partial charge >= 0.3 is 12.0 Å². The summed E-state index contributed by atoms with van der Waals surface area (Å²) in [7, 11) is 0. The van der Waals surface area contributed by atoms with Gasteiger partial charge < -0.3 is 21.5 Å². The number of carboxylic acids is 1. The summed E-state index contributed by atoms with van der Waals surface area (Å²) in [6, 6.07) is -1.87. The molecule has 0 aliphatic rings. The molecule has 7 heteroatoms. The molecule has 0 aliphatic carbocycles. The predicted molar refractivity (Wildman–Crippen MR) is 65.8 cm³/mol. The van der Waals surface area contributed by atoms with Crippen molar-refractivity contribution in [3.8, 4) is 0 Å². The second-order valence-electron chi connectivity index (χ2n) is 3.94. The first-order valence-electron chi connectivity index (χ1n) is 5.55. The molecule has 0 aliphatic heterocycles. The van der Waals surface area contributed by atoms with Crippen molar-refractivity contribution in [3.05, 3.63) is 12.7 Å². The zero-order valence-electron chi connectivity index (χ0n) is 10.3. The number of nitrogens with one attached hydrogen (secondary N) is 2. The van der Waals surface area contributed by atoms with Crippen LogP contribution in [-0.4, -0.2) is 35.1 Å². The number of hydrogen-bond acceptors (Lipinski definition) is 3. The monoisotopic (exact) mass is 257 g/mol. The van der Waals surface area contributed by atoms with Gasteiger partial charge in [-0.05, 0) is 19.8 Å². The SMILES string of the molecule is C=CCC(C)NC(=O)NC(CCC(N)=O)C(=O)O. The van der Waals surface area contributed by atoms with Crippen LogP contribution in [0.3, 0.4) is 0 Å². The van der Waals surface area contributed by atoms with Gasteiger partial charge in [0.15, 0.2) is 0 Å². The van der Waals surface area contributed by atoms with E-state index in [1.807, 2.05) is 0 Å². The van der Waals surface area contributed by atoms with Crippen LogP contribution in [-0.2, 0) is 9.59 Å². The summed E-state index contributed by atoms with van der Waals surface area (Å²) >= 11 is 0. The van der Waals surface area contributed by atoms with Crippen LogP contribution >= 0.6 is 0 Å². The highest BCUT2D eigenvalue weighted by Gasteiger charge is 2.20. The maximum atomic E-state index is 11.5. The van der Waals surface area contributed by atoms with Crippen LogP contribution in [0.25, 0.3) is 0 Å². The third-order valence-corrected chi connectivity index (χ3v) is 2.18. The number of urea groups is 1. The fraction of sp³-hybridized carbons (Fsp3) is 0.545. The highest BCUT2D eigenvalue weighted by molar-refractivity contribution is 5.83. The van der Waals surface area contributed by atoms with Gasteiger partial charge in [0.05, 0.1) is 0 Å². The van der Waals surface area contributed by atoms with Crippen LogP contribution in [0.4, 0.5) is 4.79 Å². The Morgan fingerprint density at radius 1 is 1.39 bits per heavy atom. The number of aliphatic carboxylic acids is 1. The Kier molecular flexibility index (Phi) is 7.18. The summed E-state index contributed by atoms with van der Waals surface area (Å²) in [6.45, 7) is 5.29. The van der Waals surface area contributed by atoms with Crippen molar-refractivity contribution in [2.45, 2.75) is 38.3 Å². The molecule has 0 aromatic rings.